The predicted octanol–water partition coefficient (Wildman–Crippen LogP) is 2.90. The third-order valence-corrected chi connectivity index (χ3v) is 5.77. The lowest BCUT2D eigenvalue weighted by Crippen LogP contribution is -2.54. The van der Waals surface area contributed by atoms with E-state index in [1.165, 1.54) is 18.1 Å². The Morgan fingerprint density at radius 3 is 2.28 bits per heavy atom. The number of phenolic OH excluding ortho intramolecular Hbond substituents is 1. The van der Waals surface area contributed by atoms with Crippen LogP contribution in [0.2, 0.25) is 0 Å². The summed E-state index contributed by atoms with van der Waals surface area (Å²) < 4.78 is 9.99. The maximum absolute atomic E-state index is 14.0. The quantitative estimate of drug-likeness (QED) is 0.416. The van der Waals surface area contributed by atoms with Crippen molar-refractivity contribution in [1.29, 1.82) is 0 Å². The minimum absolute atomic E-state index is 0.0455. The zero-order chi connectivity index (χ0) is 27.2. The average Bonchev–Trinajstić information content (AvgIpc) is 3.49. The Labute approximate surface area is 212 Å². The van der Waals surface area contributed by atoms with Crippen LogP contribution in [0.1, 0.15) is 66.0 Å². The van der Waals surface area contributed by atoms with E-state index in [0.29, 0.717) is 12.8 Å². The number of nitrogens with zero attached hydrogens (tertiary/aromatic N) is 1. The average molecular weight is 506 g/mol. The van der Waals surface area contributed by atoms with Crippen molar-refractivity contribution in [3.63, 3.8) is 0 Å². The summed E-state index contributed by atoms with van der Waals surface area (Å²) in [6.07, 6.45) is 0.230. The first-order valence-corrected chi connectivity index (χ1v) is 12.2. The lowest BCUT2D eigenvalue weighted by Gasteiger charge is -2.35. The van der Waals surface area contributed by atoms with Crippen molar-refractivity contribution in [1.82, 2.24) is 15.5 Å². The fourth-order valence-electron chi connectivity index (χ4n) is 3.96. The van der Waals surface area contributed by atoms with E-state index in [1.807, 2.05) is 20.8 Å². The van der Waals surface area contributed by atoms with Gasteiger partial charge in [0.05, 0.1) is 7.11 Å². The van der Waals surface area contributed by atoms with Gasteiger partial charge in [0.15, 0.2) is 0 Å². The number of carbonyl (C=O) groups is 4. The minimum Gasteiger partial charge on any atom is -0.508 e. The van der Waals surface area contributed by atoms with Crippen LogP contribution in [0, 0.1) is 11.8 Å². The molecule has 0 aromatic heterocycles. The fraction of sp³-hybridized carbons (Fsp3) is 0.615. The molecule has 2 rings (SSSR count). The molecule has 0 bridgehead atoms. The number of methoxy groups -OCH3 is 1. The molecule has 4 unspecified atom stereocenters. The lowest BCUT2D eigenvalue weighted by molar-refractivity contribution is -0.145. The molecular weight excluding hydrogens is 466 g/mol. The number of para-hydroxylation sites is 1. The number of aromatic hydroxyl groups is 1. The van der Waals surface area contributed by atoms with Gasteiger partial charge in [-0.3, -0.25) is 14.4 Å². The highest BCUT2D eigenvalue weighted by Gasteiger charge is 2.48. The van der Waals surface area contributed by atoms with E-state index in [4.69, 9.17) is 4.74 Å². The topological polar surface area (TPSA) is 134 Å². The molecule has 1 aliphatic rings. The van der Waals surface area contributed by atoms with Crippen LogP contribution in [0.5, 0.6) is 5.75 Å². The number of carbonyl (C=O) groups excluding carboxylic acids is 4. The molecule has 200 valence electrons. The van der Waals surface area contributed by atoms with Gasteiger partial charge in [0.25, 0.3) is 0 Å². The van der Waals surface area contributed by atoms with Crippen LogP contribution in [0.3, 0.4) is 0 Å². The van der Waals surface area contributed by atoms with Gasteiger partial charge in [-0.25, -0.2) is 4.79 Å². The highest BCUT2D eigenvalue weighted by molar-refractivity contribution is 5.94. The van der Waals surface area contributed by atoms with Crippen LogP contribution in [0.4, 0.5) is 4.79 Å². The largest absolute Gasteiger partial charge is 0.508 e. The first kappa shape index (κ1) is 28.9. The zero-order valence-electron chi connectivity index (χ0n) is 22.2. The van der Waals surface area contributed by atoms with Crippen molar-refractivity contribution in [2.24, 2.45) is 11.8 Å². The zero-order valence-corrected chi connectivity index (χ0v) is 22.2. The van der Waals surface area contributed by atoms with Crippen LogP contribution in [-0.2, 0) is 23.9 Å². The van der Waals surface area contributed by atoms with Crippen LogP contribution in [-0.4, -0.2) is 65.2 Å². The number of hydrogen-bond acceptors (Lipinski definition) is 7. The molecule has 0 aliphatic heterocycles. The first-order chi connectivity index (χ1) is 16.7. The summed E-state index contributed by atoms with van der Waals surface area (Å²) in [7, 11) is 1.20. The summed E-state index contributed by atoms with van der Waals surface area (Å²) in [5.41, 5.74) is -0.542. The molecule has 0 saturated heterocycles. The highest BCUT2D eigenvalue weighted by atomic mass is 16.6. The van der Waals surface area contributed by atoms with Gasteiger partial charge in [-0.05, 0) is 51.5 Å². The summed E-state index contributed by atoms with van der Waals surface area (Å²) in [5, 5.41) is 15.8. The maximum Gasteiger partial charge on any atom is 0.408 e. The number of hydrogen-bond donors (Lipinski definition) is 3. The van der Waals surface area contributed by atoms with Crippen molar-refractivity contribution in [3.05, 3.63) is 29.8 Å². The number of nitrogens with one attached hydrogen (secondary N) is 2. The van der Waals surface area contributed by atoms with Crippen molar-refractivity contribution >= 4 is 23.9 Å². The Morgan fingerprint density at radius 1 is 1.17 bits per heavy atom. The maximum atomic E-state index is 14.0. The van der Waals surface area contributed by atoms with Gasteiger partial charge in [0, 0.05) is 11.6 Å². The molecule has 1 fully saturated rings. The van der Waals surface area contributed by atoms with Gasteiger partial charge >= 0.3 is 12.1 Å². The molecule has 1 saturated carbocycles. The van der Waals surface area contributed by atoms with Gasteiger partial charge in [-0.15, -0.1) is 0 Å². The molecule has 3 amide bonds. The number of esters is 1. The number of rotatable bonds is 10. The third-order valence-electron chi connectivity index (χ3n) is 5.77. The molecular formula is C26H39N3O7. The van der Waals surface area contributed by atoms with Gasteiger partial charge < -0.3 is 30.1 Å². The van der Waals surface area contributed by atoms with Gasteiger partial charge in [-0.2, -0.15) is 0 Å². The summed E-state index contributed by atoms with van der Waals surface area (Å²) in [4.78, 5) is 53.2. The minimum atomic E-state index is -1.23. The molecule has 0 radical (unpaired) electrons. The lowest BCUT2D eigenvalue weighted by atomic mass is 9.98. The number of ether oxygens (including phenoxy) is 2. The molecule has 1 aromatic carbocycles. The molecule has 36 heavy (non-hydrogen) atoms. The monoisotopic (exact) mass is 505 g/mol. The number of alkyl carbamates (subject to hydrolysis) is 1. The van der Waals surface area contributed by atoms with Gasteiger partial charge in [0.2, 0.25) is 11.8 Å². The second-order valence-corrected chi connectivity index (χ2v) is 10.6. The van der Waals surface area contributed by atoms with Crippen LogP contribution in [0.25, 0.3) is 0 Å². The van der Waals surface area contributed by atoms with Crippen molar-refractivity contribution in [2.75, 3.05) is 13.7 Å². The summed E-state index contributed by atoms with van der Waals surface area (Å²) in [5.74, 6) is -1.77. The van der Waals surface area contributed by atoms with Crippen LogP contribution >= 0.6 is 0 Å². The molecule has 4 atom stereocenters. The van der Waals surface area contributed by atoms with Gasteiger partial charge in [-0.1, -0.05) is 39.0 Å². The van der Waals surface area contributed by atoms with E-state index in [0.717, 1.165) is 0 Å². The molecule has 10 heteroatoms. The Hall–Kier alpha value is -3.30. The second-order valence-electron chi connectivity index (χ2n) is 10.6. The second kappa shape index (κ2) is 12.1. The SMILES string of the molecule is COC(=O)CNC(=O)C(c1ccccc1O)N(C(=O)C(CC(C)C)NC(=O)OC(C)(C)C)C1CC1C. The molecule has 0 spiro atoms. The van der Waals surface area contributed by atoms with E-state index in [1.54, 1.807) is 39.0 Å². The Morgan fingerprint density at radius 2 is 1.78 bits per heavy atom. The third kappa shape index (κ3) is 8.13. The highest BCUT2D eigenvalue weighted by Crippen LogP contribution is 2.42. The molecule has 10 nitrogen and oxygen atoms in total. The number of amides is 3. The van der Waals surface area contributed by atoms with Crippen molar-refractivity contribution in [2.45, 2.75) is 78.1 Å². The van der Waals surface area contributed by atoms with Crippen LogP contribution in [0.15, 0.2) is 24.3 Å². The smallest absolute Gasteiger partial charge is 0.408 e. The molecule has 1 aromatic rings. The summed E-state index contributed by atoms with van der Waals surface area (Å²) in [6, 6.07) is 3.77. The van der Waals surface area contributed by atoms with E-state index >= 15 is 0 Å². The van der Waals surface area contributed by atoms with Gasteiger partial charge in [0.1, 0.15) is 30.0 Å². The molecule has 1 aliphatic carbocycles. The first-order valence-electron chi connectivity index (χ1n) is 12.2. The van der Waals surface area contributed by atoms with Crippen LogP contribution < -0.4 is 10.6 Å². The van der Waals surface area contributed by atoms with Crippen molar-refractivity contribution < 1.29 is 33.8 Å². The van der Waals surface area contributed by atoms with E-state index in [-0.39, 0.29) is 29.2 Å². The Bertz CT molecular complexity index is 957. The normalized spacial score (nSPS) is 18.6. The number of benzene rings is 1. The van der Waals surface area contributed by atoms with E-state index in [9.17, 15) is 24.3 Å². The Balaban J connectivity index is 2.48. The van der Waals surface area contributed by atoms with E-state index < -0.39 is 48.1 Å². The summed E-state index contributed by atoms with van der Waals surface area (Å²) in [6.45, 7) is 10.6. The number of phenols is 1. The molecule has 0 heterocycles. The summed E-state index contributed by atoms with van der Waals surface area (Å²) >= 11 is 0. The molecule has 3 N–H and O–H groups in total. The standard InChI is InChI=1S/C26H39N3O7/c1-15(2)12-18(28-25(34)36-26(4,5)6)24(33)29(19-13-16(19)3)22(17-10-8-9-11-20(17)30)23(32)27-14-21(31)35-7/h8-11,15-16,18-19,22,30H,12-14H2,1-7H3,(H,27,32)(H,28,34). The Kier molecular flexibility index (Phi) is 9.72. The van der Waals surface area contributed by atoms with E-state index in [2.05, 4.69) is 15.4 Å². The van der Waals surface area contributed by atoms with Crippen molar-refractivity contribution in [3.8, 4) is 5.75 Å². The fourth-order valence-corrected chi connectivity index (χ4v) is 3.96. The predicted molar refractivity (Wildman–Crippen MR) is 133 cm³/mol.